The third-order valence-corrected chi connectivity index (χ3v) is 23.2. The van der Waals surface area contributed by atoms with Crippen LogP contribution in [0.3, 0.4) is 0 Å². The SMILES string of the molecule is COC(=O)CC(=O)N1CCc2nc(-c3ccc(OC4CC(N5CCCCC5)C4)cc3)sc2C1.NC(=O)CC(=O)N1CCc2nc(-c3ccc(OC4CC(N5CCCCC5)C4)cc3)sc2C1.c1cc(-c2nc3c(s2)CNCC3)ccc1OC1CC(N2CCCCC2)C1. The van der Waals surface area contributed by atoms with Gasteiger partial charge in [-0.25, -0.2) is 15.0 Å². The molecule has 6 aliphatic heterocycles. The molecule has 6 fully saturated rings. The quantitative estimate of drug-likeness (QED) is 0.0685. The highest BCUT2D eigenvalue weighted by atomic mass is 32.1. The van der Waals surface area contributed by atoms with Gasteiger partial charge in [0.15, 0.2) is 0 Å². The van der Waals surface area contributed by atoms with E-state index in [2.05, 4.69) is 73.3 Å². The van der Waals surface area contributed by atoms with Crippen LogP contribution in [0.1, 0.15) is 141 Å². The molecule has 3 amide bonds. The number of nitrogens with one attached hydrogen (secondary N) is 1. The van der Waals surface area contributed by atoms with Crippen LogP contribution in [-0.2, 0) is 62.8 Å². The standard InChI is InChI=1S/C25H31N3O4S.C24H30N4O3S.C21H27N3OS/c1-31-24(30)15-23(29)28-12-9-21-22(16-28)33-25(26-21)17-5-7-19(8-6-17)32-20-13-18(14-20)27-10-3-2-4-11-27;25-22(29)14-23(30)28-11-8-20-21(15-28)32-24(26-20)16-4-6-18(7-5-16)31-19-12-17(13-19)27-9-2-1-3-10-27;1-2-10-24(11-3-1)16-12-18(13-16)25-17-6-4-15(5-7-17)21-23-19-8-9-22-14-20(19)26-21/h5-8,18,20H,2-4,9-16H2,1H3;4-7,17,19H,1-3,8-15H2,(H2,25,29);4-7,16,18,22H,1-3,8-14H2. The van der Waals surface area contributed by atoms with Gasteiger partial charge in [-0.1, -0.05) is 19.3 Å². The Morgan fingerprint density at radius 2 is 0.824 bits per heavy atom. The summed E-state index contributed by atoms with van der Waals surface area (Å²) in [4.78, 5) is 76.3. The first kappa shape index (κ1) is 63.4. The number of primary amides is 1. The lowest BCUT2D eigenvalue weighted by Gasteiger charge is -2.44. The molecule has 0 atom stereocenters. The van der Waals surface area contributed by atoms with E-state index in [4.69, 9.17) is 34.9 Å². The number of nitrogens with zero attached hydrogens (tertiary/aromatic N) is 8. The Kier molecular flexibility index (Phi) is 20.7. The molecule has 0 unspecified atom stereocenters. The Hall–Kier alpha value is -6.33. The number of fused-ring (bicyclic) bond motifs is 3. The van der Waals surface area contributed by atoms with Crippen molar-refractivity contribution in [1.82, 2.24) is 44.8 Å². The maximum atomic E-state index is 12.3. The molecule has 15 rings (SSSR count). The summed E-state index contributed by atoms with van der Waals surface area (Å²) in [5.41, 5.74) is 11.9. The number of esters is 1. The fourth-order valence-corrected chi connectivity index (χ4v) is 17.5. The Bertz CT molecular complexity index is 3410. The number of likely N-dealkylation sites (tertiary alicyclic amines) is 3. The van der Waals surface area contributed by atoms with Crippen LogP contribution in [-0.4, -0.2) is 166 Å². The Balaban J connectivity index is 0.000000126. The van der Waals surface area contributed by atoms with Gasteiger partial charge in [-0.05, 0) is 151 Å². The third-order valence-electron chi connectivity index (χ3n) is 19.8. The van der Waals surface area contributed by atoms with E-state index in [1.54, 1.807) is 32.5 Å². The largest absolute Gasteiger partial charge is 0.490 e. The normalized spacial score (nSPS) is 24.0. The third kappa shape index (κ3) is 16.0. The second-order valence-corrected chi connectivity index (χ2v) is 29.3. The Morgan fingerprint density at radius 3 is 1.18 bits per heavy atom. The minimum Gasteiger partial charge on any atom is -0.490 e. The van der Waals surface area contributed by atoms with Gasteiger partial charge in [0, 0.05) is 133 Å². The number of methoxy groups -OCH3 is 1. The number of carbonyl (C=O) groups is 4. The molecule has 3 aromatic carbocycles. The fraction of sp³-hybridized carbons (Fsp3) is 0.557. The number of piperidine rings is 3. The number of thiazole rings is 3. The number of carbonyl (C=O) groups excluding carboxylic acids is 4. The summed E-state index contributed by atoms with van der Waals surface area (Å²) in [6.07, 6.45) is 22.2. The number of nitrogens with two attached hydrogens (primary N) is 1. The first-order chi connectivity index (χ1) is 44.5. The van der Waals surface area contributed by atoms with E-state index < -0.39 is 11.9 Å². The molecule has 9 heterocycles. The topological polar surface area (TPSA) is 198 Å². The molecule has 0 spiro atoms. The summed E-state index contributed by atoms with van der Waals surface area (Å²) in [5.74, 6) is 1.35. The van der Waals surface area contributed by atoms with E-state index >= 15 is 0 Å². The van der Waals surface area contributed by atoms with Crippen LogP contribution in [0.4, 0.5) is 0 Å². The van der Waals surface area contributed by atoms with E-state index in [9.17, 15) is 19.2 Å². The van der Waals surface area contributed by atoms with Crippen LogP contribution in [0, 0.1) is 0 Å². The number of benzene rings is 3. The summed E-state index contributed by atoms with van der Waals surface area (Å²) in [6.45, 7) is 11.8. The van der Waals surface area contributed by atoms with E-state index in [-0.39, 0.29) is 24.7 Å². The van der Waals surface area contributed by atoms with Crippen LogP contribution in [0.15, 0.2) is 72.8 Å². The summed E-state index contributed by atoms with van der Waals surface area (Å²) in [5, 5.41) is 6.48. The van der Waals surface area contributed by atoms with Crippen molar-refractivity contribution in [3.05, 3.63) is 105 Å². The zero-order valence-corrected chi connectivity index (χ0v) is 55.1. The molecule has 9 aliphatic rings. The minimum atomic E-state index is -0.586. The van der Waals surface area contributed by atoms with Crippen molar-refractivity contribution in [2.75, 3.05) is 66.0 Å². The smallest absolute Gasteiger partial charge is 0.315 e. The van der Waals surface area contributed by atoms with Crippen LogP contribution in [0.2, 0.25) is 0 Å². The van der Waals surface area contributed by atoms with Gasteiger partial charge in [-0.2, -0.15) is 0 Å². The van der Waals surface area contributed by atoms with Gasteiger partial charge in [0.25, 0.3) is 0 Å². The lowest BCUT2D eigenvalue weighted by atomic mass is 9.86. The van der Waals surface area contributed by atoms with Crippen molar-refractivity contribution in [2.45, 2.75) is 184 Å². The highest BCUT2D eigenvalue weighted by Gasteiger charge is 2.38. The van der Waals surface area contributed by atoms with Crippen molar-refractivity contribution in [3.8, 4) is 49.0 Å². The zero-order chi connectivity index (χ0) is 62.2. The average molecular weight is 1290 g/mol. The van der Waals surface area contributed by atoms with Gasteiger partial charge in [-0.3, -0.25) is 19.2 Å². The van der Waals surface area contributed by atoms with Crippen LogP contribution in [0.5, 0.6) is 17.2 Å². The monoisotopic (exact) mass is 1290 g/mol. The molecular formula is C70H88N10O8S3. The predicted octanol–water partition coefficient (Wildman–Crippen LogP) is 10.5. The van der Waals surface area contributed by atoms with Crippen molar-refractivity contribution in [3.63, 3.8) is 0 Å². The van der Waals surface area contributed by atoms with Crippen LogP contribution in [0.25, 0.3) is 31.7 Å². The number of hydrogen-bond donors (Lipinski definition) is 2. The van der Waals surface area contributed by atoms with Crippen molar-refractivity contribution >= 4 is 57.7 Å². The first-order valence-corrected chi connectivity index (χ1v) is 36.0. The summed E-state index contributed by atoms with van der Waals surface area (Å²) >= 11 is 5.05. The number of rotatable bonds is 16. The number of hydrogen-bond acceptors (Lipinski definition) is 18. The van der Waals surface area contributed by atoms with Gasteiger partial charge in [0.2, 0.25) is 17.7 Å². The minimum absolute atomic E-state index is 0.192. The molecule has 6 aromatic rings. The maximum Gasteiger partial charge on any atom is 0.315 e. The summed E-state index contributed by atoms with van der Waals surface area (Å²) in [6, 6.07) is 27.1. The molecular weight excluding hydrogens is 1210 g/mol. The van der Waals surface area contributed by atoms with Crippen molar-refractivity contribution < 1.29 is 38.1 Å². The molecule has 3 aliphatic carbocycles. The molecule has 3 saturated carbocycles. The fourth-order valence-electron chi connectivity index (χ4n) is 14.1. The number of aromatic nitrogens is 3. The lowest BCUT2D eigenvalue weighted by molar-refractivity contribution is -0.147. The maximum absolute atomic E-state index is 12.3. The number of ether oxygens (including phenoxy) is 4. The molecule has 91 heavy (non-hydrogen) atoms. The zero-order valence-electron chi connectivity index (χ0n) is 52.7. The van der Waals surface area contributed by atoms with E-state index in [1.165, 1.54) is 133 Å². The van der Waals surface area contributed by atoms with Crippen LogP contribution >= 0.6 is 34.0 Å². The van der Waals surface area contributed by atoms with E-state index in [0.29, 0.717) is 69.4 Å². The molecule has 3 saturated heterocycles. The summed E-state index contributed by atoms with van der Waals surface area (Å²) in [7, 11) is 1.30. The van der Waals surface area contributed by atoms with E-state index in [0.717, 1.165) is 116 Å². The molecule has 484 valence electrons. The summed E-state index contributed by atoms with van der Waals surface area (Å²) < 4.78 is 23.2. The van der Waals surface area contributed by atoms with Gasteiger partial charge in [0.05, 0.1) is 37.3 Å². The molecule has 18 nitrogen and oxygen atoms in total. The van der Waals surface area contributed by atoms with Gasteiger partial charge in [0.1, 0.15) is 63.4 Å². The molecule has 0 radical (unpaired) electrons. The highest BCUT2D eigenvalue weighted by Crippen LogP contribution is 2.39. The first-order valence-electron chi connectivity index (χ1n) is 33.6. The molecule has 0 bridgehead atoms. The van der Waals surface area contributed by atoms with Crippen molar-refractivity contribution in [2.24, 2.45) is 5.73 Å². The average Bonchev–Trinajstić information content (AvgIpc) is 1.91. The highest BCUT2D eigenvalue weighted by molar-refractivity contribution is 7.15. The van der Waals surface area contributed by atoms with Gasteiger partial charge >= 0.3 is 5.97 Å². The molecule has 3 N–H and O–H groups in total. The Labute approximate surface area is 547 Å². The lowest BCUT2D eigenvalue weighted by Crippen LogP contribution is -2.50. The molecule has 3 aromatic heterocycles. The second-order valence-electron chi connectivity index (χ2n) is 26.1. The van der Waals surface area contributed by atoms with Gasteiger partial charge in [-0.15, -0.1) is 34.0 Å². The molecule has 21 heteroatoms. The van der Waals surface area contributed by atoms with Crippen molar-refractivity contribution in [1.29, 1.82) is 0 Å². The van der Waals surface area contributed by atoms with Crippen LogP contribution < -0.4 is 25.3 Å². The Morgan fingerprint density at radius 1 is 0.473 bits per heavy atom. The van der Waals surface area contributed by atoms with E-state index in [1.807, 2.05) is 35.6 Å². The number of amides is 3. The van der Waals surface area contributed by atoms with Gasteiger partial charge < -0.3 is 54.5 Å². The second kappa shape index (κ2) is 29.7. The predicted molar refractivity (Wildman–Crippen MR) is 355 cm³/mol.